The molecule has 0 aliphatic carbocycles. The second-order valence-corrected chi connectivity index (χ2v) is 14.4. The molecule has 3 heteroatoms. The molecule has 0 spiro atoms. The summed E-state index contributed by atoms with van der Waals surface area (Å²) in [4.78, 5) is 1.32. The van der Waals surface area contributed by atoms with Crippen molar-refractivity contribution in [3.8, 4) is 5.75 Å². The summed E-state index contributed by atoms with van der Waals surface area (Å²) in [6.45, 7) is 11.9. The topological polar surface area (TPSA) is 9.23 Å². The van der Waals surface area contributed by atoms with Crippen LogP contribution in [0.3, 0.4) is 0 Å². The molecule has 0 fully saturated rings. The molecule has 0 heterocycles. The molecule has 0 bridgehead atoms. The van der Waals surface area contributed by atoms with Gasteiger partial charge < -0.3 is 4.74 Å². The Labute approximate surface area is 104 Å². The predicted octanol–water partition coefficient (Wildman–Crippen LogP) is 4.79. The van der Waals surface area contributed by atoms with Gasteiger partial charge in [-0.1, -0.05) is 39.9 Å². The van der Waals surface area contributed by atoms with Crippen molar-refractivity contribution in [1.29, 1.82) is 0 Å². The fraction of sp³-hybridized carbons (Fsp3) is 0.538. The summed E-state index contributed by atoms with van der Waals surface area (Å²) >= 11 is 2.04. The van der Waals surface area contributed by atoms with Crippen LogP contribution in [0.2, 0.25) is 18.1 Å². The molecule has 0 saturated heterocycles. The minimum atomic E-state index is -1.32. The Balaban J connectivity index is 2.88. The maximum absolute atomic E-state index is 5.26. The van der Waals surface area contributed by atoms with E-state index in [9.17, 15) is 0 Å². The van der Waals surface area contributed by atoms with Crippen LogP contribution in [-0.2, 0) is 0 Å². The van der Waals surface area contributed by atoms with Crippen LogP contribution in [0.1, 0.15) is 20.8 Å². The zero-order chi connectivity index (χ0) is 12.4. The largest absolute Gasteiger partial charge is 0.497 e. The lowest BCUT2D eigenvalue weighted by atomic mass is 10.2. The van der Waals surface area contributed by atoms with Crippen LogP contribution in [0.15, 0.2) is 29.2 Å². The van der Waals surface area contributed by atoms with E-state index in [2.05, 4.69) is 52.1 Å². The minimum absolute atomic E-state index is 0.404. The Morgan fingerprint density at radius 1 is 1.19 bits per heavy atom. The van der Waals surface area contributed by atoms with Gasteiger partial charge in [-0.2, -0.15) is 11.2 Å². The molecule has 0 aliphatic rings. The fourth-order valence-electron chi connectivity index (χ4n) is 1.11. The van der Waals surface area contributed by atoms with Crippen molar-refractivity contribution in [2.24, 2.45) is 0 Å². The van der Waals surface area contributed by atoms with Gasteiger partial charge in [0.05, 0.1) is 7.11 Å². The lowest BCUT2D eigenvalue weighted by Crippen LogP contribution is -2.33. The smallest absolute Gasteiger partial charge is 0.122 e. The van der Waals surface area contributed by atoms with Gasteiger partial charge >= 0.3 is 0 Å². The molecular formula is C13H22OSSi. The summed E-state index contributed by atoms with van der Waals surface area (Å²) in [5.74, 6) is 0.948. The van der Waals surface area contributed by atoms with E-state index >= 15 is 0 Å². The number of rotatable bonds is 3. The van der Waals surface area contributed by atoms with Gasteiger partial charge in [-0.25, -0.2) is 0 Å². The average Bonchev–Trinajstić information content (AvgIpc) is 2.15. The van der Waals surface area contributed by atoms with E-state index in [0.717, 1.165) is 5.75 Å². The first kappa shape index (κ1) is 13.7. The SMILES string of the molecule is COc1cccc(S[Si](C)(C)C(C)(C)C)c1. The summed E-state index contributed by atoms with van der Waals surface area (Å²) < 4.78 is 5.26. The standard InChI is InChI=1S/C13H22OSSi/c1-13(2,3)16(5,6)15-12-9-7-8-11(10-12)14-4/h7-10H,1-6H3. The summed E-state index contributed by atoms with van der Waals surface area (Å²) in [7, 11) is 0.398. The van der Waals surface area contributed by atoms with Crippen LogP contribution in [-0.4, -0.2) is 14.3 Å². The zero-order valence-corrected chi connectivity index (χ0v) is 12.9. The average molecular weight is 254 g/mol. The van der Waals surface area contributed by atoms with E-state index in [1.165, 1.54) is 4.90 Å². The number of benzene rings is 1. The molecule has 0 N–H and O–H groups in total. The summed E-state index contributed by atoms with van der Waals surface area (Å²) in [5.41, 5.74) is 0. The molecule has 0 aromatic heterocycles. The fourth-order valence-corrected chi connectivity index (χ4v) is 5.40. The van der Waals surface area contributed by atoms with Crippen LogP contribution in [0.5, 0.6) is 5.75 Å². The third-order valence-electron chi connectivity index (χ3n) is 3.22. The van der Waals surface area contributed by atoms with Crippen LogP contribution >= 0.6 is 11.2 Å². The highest BCUT2D eigenvalue weighted by atomic mass is 32.4. The van der Waals surface area contributed by atoms with Gasteiger partial charge in [0.15, 0.2) is 0 Å². The molecule has 1 aromatic carbocycles. The molecule has 0 amide bonds. The summed E-state index contributed by atoms with van der Waals surface area (Å²) in [5, 5.41) is 0.404. The van der Waals surface area contributed by atoms with Crippen molar-refractivity contribution in [3.63, 3.8) is 0 Å². The van der Waals surface area contributed by atoms with E-state index in [4.69, 9.17) is 4.74 Å². The lowest BCUT2D eigenvalue weighted by molar-refractivity contribution is 0.413. The molecule has 1 nitrogen and oxygen atoms in total. The highest BCUT2D eigenvalue weighted by molar-refractivity contribution is 8.29. The second-order valence-electron chi connectivity index (χ2n) is 5.54. The zero-order valence-electron chi connectivity index (χ0n) is 11.1. The maximum Gasteiger partial charge on any atom is 0.122 e. The predicted molar refractivity (Wildman–Crippen MR) is 76.0 cm³/mol. The number of ether oxygens (including phenoxy) is 1. The van der Waals surface area contributed by atoms with E-state index in [0.29, 0.717) is 5.04 Å². The van der Waals surface area contributed by atoms with Crippen molar-refractivity contribution in [2.45, 2.75) is 43.8 Å². The summed E-state index contributed by atoms with van der Waals surface area (Å²) in [6.07, 6.45) is 0. The molecule has 1 aromatic rings. The van der Waals surface area contributed by atoms with Crippen LogP contribution in [0.4, 0.5) is 0 Å². The van der Waals surface area contributed by atoms with Crippen molar-refractivity contribution < 1.29 is 4.74 Å². The molecular weight excluding hydrogens is 232 g/mol. The van der Waals surface area contributed by atoms with Gasteiger partial charge in [0.25, 0.3) is 0 Å². The van der Waals surface area contributed by atoms with Crippen molar-refractivity contribution in [2.75, 3.05) is 7.11 Å². The van der Waals surface area contributed by atoms with Gasteiger partial charge in [0.2, 0.25) is 0 Å². The Kier molecular flexibility index (Phi) is 4.13. The highest BCUT2D eigenvalue weighted by Gasteiger charge is 2.36. The Bertz CT molecular complexity index is 355. The van der Waals surface area contributed by atoms with Gasteiger partial charge in [-0.3, -0.25) is 0 Å². The minimum Gasteiger partial charge on any atom is -0.497 e. The van der Waals surface area contributed by atoms with Crippen LogP contribution in [0, 0.1) is 0 Å². The molecule has 0 radical (unpaired) electrons. The molecule has 0 unspecified atom stereocenters. The first-order valence-electron chi connectivity index (χ1n) is 5.59. The highest BCUT2D eigenvalue weighted by Crippen LogP contribution is 2.46. The Hall–Kier alpha value is -0.413. The van der Waals surface area contributed by atoms with Crippen molar-refractivity contribution >= 4 is 18.4 Å². The number of methoxy groups -OCH3 is 1. The maximum atomic E-state index is 5.26. The molecule has 0 aliphatic heterocycles. The lowest BCUT2D eigenvalue weighted by Gasteiger charge is -2.36. The van der Waals surface area contributed by atoms with E-state index in [1.807, 2.05) is 17.3 Å². The third-order valence-corrected chi connectivity index (χ3v) is 11.9. The quantitative estimate of drug-likeness (QED) is 0.717. The van der Waals surface area contributed by atoms with E-state index < -0.39 is 7.22 Å². The molecule has 90 valence electrons. The first-order valence-corrected chi connectivity index (χ1v) is 10.1. The number of hydrogen-bond donors (Lipinski definition) is 0. The molecule has 0 atom stereocenters. The van der Waals surface area contributed by atoms with Gasteiger partial charge in [0, 0.05) is 4.90 Å². The number of hydrogen-bond acceptors (Lipinski definition) is 2. The monoisotopic (exact) mass is 254 g/mol. The molecule has 0 saturated carbocycles. The first-order chi connectivity index (χ1) is 7.26. The third kappa shape index (κ3) is 3.29. The van der Waals surface area contributed by atoms with Crippen molar-refractivity contribution in [3.05, 3.63) is 24.3 Å². The van der Waals surface area contributed by atoms with Gasteiger partial charge in [-0.05, 0) is 23.2 Å². The molecule has 16 heavy (non-hydrogen) atoms. The van der Waals surface area contributed by atoms with Gasteiger partial charge in [0.1, 0.15) is 13.0 Å². The van der Waals surface area contributed by atoms with E-state index in [1.54, 1.807) is 7.11 Å². The Morgan fingerprint density at radius 2 is 1.81 bits per heavy atom. The van der Waals surface area contributed by atoms with E-state index in [-0.39, 0.29) is 0 Å². The van der Waals surface area contributed by atoms with Crippen molar-refractivity contribution in [1.82, 2.24) is 0 Å². The second kappa shape index (κ2) is 4.84. The van der Waals surface area contributed by atoms with Gasteiger partial charge in [-0.15, -0.1) is 0 Å². The molecule has 1 rings (SSSR count). The van der Waals surface area contributed by atoms with Crippen LogP contribution < -0.4 is 4.74 Å². The normalized spacial score (nSPS) is 12.6. The Morgan fingerprint density at radius 3 is 2.31 bits per heavy atom. The van der Waals surface area contributed by atoms with Crippen LogP contribution in [0.25, 0.3) is 0 Å². The summed E-state index contributed by atoms with van der Waals surface area (Å²) in [6, 6.07) is 8.36.